The van der Waals surface area contributed by atoms with Gasteiger partial charge in [-0.1, -0.05) is 25.5 Å². The van der Waals surface area contributed by atoms with Gasteiger partial charge in [0.15, 0.2) is 0 Å². The highest BCUT2D eigenvalue weighted by Gasteiger charge is 2.40. The first-order chi connectivity index (χ1) is 5.20. The van der Waals surface area contributed by atoms with Crippen LogP contribution in [0, 0.1) is 11.3 Å². The highest BCUT2D eigenvalue weighted by molar-refractivity contribution is 5.10. The number of rotatable bonds is 0. The van der Waals surface area contributed by atoms with Gasteiger partial charge >= 0.3 is 0 Å². The van der Waals surface area contributed by atoms with E-state index < -0.39 is 0 Å². The van der Waals surface area contributed by atoms with Crippen LogP contribution in [0.5, 0.6) is 0 Å². The molecule has 62 valence electrons. The third-order valence-corrected chi connectivity index (χ3v) is 3.58. The first-order valence-electron chi connectivity index (χ1n) is 4.87. The van der Waals surface area contributed by atoms with Crippen molar-refractivity contribution in [2.45, 2.75) is 45.4 Å². The minimum atomic E-state index is 0.733. The highest BCUT2D eigenvalue weighted by atomic mass is 14.5. The lowest BCUT2D eigenvalue weighted by molar-refractivity contribution is 0.304. The third-order valence-electron chi connectivity index (χ3n) is 3.58. The summed E-state index contributed by atoms with van der Waals surface area (Å²) in [5.41, 5.74) is 2.25. The molecular formula is C11H18. The van der Waals surface area contributed by atoms with E-state index >= 15 is 0 Å². The van der Waals surface area contributed by atoms with Gasteiger partial charge in [-0.3, -0.25) is 0 Å². The summed E-state index contributed by atoms with van der Waals surface area (Å²) in [5.74, 6) is 0.987. The summed E-state index contributed by atoms with van der Waals surface area (Å²) in [6.07, 6.45) is 8.52. The van der Waals surface area contributed by atoms with Crippen molar-refractivity contribution >= 4 is 0 Å². The van der Waals surface area contributed by atoms with Crippen molar-refractivity contribution in [1.29, 1.82) is 0 Å². The molecule has 0 saturated heterocycles. The Morgan fingerprint density at radius 1 is 1.45 bits per heavy atom. The number of hydrogen-bond acceptors (Lipinski definition) is 0. The minimum Gasteiger partial charge on any atom is -0.0998 e. The van der Waals surface area contributed by atoms with Gasteiger partial charge in [-0.05, 0) is 43.4 Å². The lowest BCUT2D eigenvalue weighted by Crippen LogP contribution is -2.10. The molecule has 0 heteroatoms. The zero-order valence-electron chi connectivity index (χ0n) is 7.53. The standard InChI is InChI=1S/C11H18/c1-9-3-5-11(7-9)6-4-10(2)8-11/h10H,1,3-8H2,2H3. The van der Waals surface area contributed by atoms with E-state index in [2.05, 4.69) is 13.5 Å². The van der Waals surface area contributed by atoms with Crippen molar-refractivity contribution in [3.05, 3.63) is 12.2 Å². The van der Waals surface area contributed by atoms with Crippen LogP contribution in [-0.2, 0) is 0 Å². The van der Waals surface area contributed by atoms with E-state index in [-0.39, 0.29) is 0 Å². The molecule has 0 aromatic rings. The average molecular weight is 150 g/mol. The van der Waals surface area contributed by atoms with E-state index in [4.69, 9.17) is 0 Å². The van der Waals surface area contributed by atoms with E-state index in [9.17, 15) is 0 Å². The van der Waals surface area contributed by atoms with Gasteiger partial charge in [-0.15, -0.1) is 0 Å². The van der Waals surface area contributed by atoms with Crippen molar-refractivity contribution in [2.24, 2.45) is 11.3 Å². The maximum atomic E-state index is 4.10. The lowest BCUT2D eigenvalue weighted by atomic mass is 9.83. The van der Waals surface area contributed by atoms with Crippen LogP contribution in [-0.4, -0.2) is 0 Å². The van der Waals surface area contributed by atoms with Crippen molar-refractivity contribution in [3.63, 3.8) is 0 Å². The Morgan fingerprint density at radius 2 is 2.27 bits per heavy atom. The molecule has 0 heterocycles. The molecule has 11 heavy (non-hydrogen) atoms. The maximum absolute atomic E-state index is 4.10. The fraction of sp³-hybridized carbons (Fsp3) is 0.818. The van der Waals surface area contributed by atoms with Crippen molar-refractivity contribution in [2.75, 3.05) is 0 Å². The van der Waals surface area contributed by atoms with Crippen LogP contribution in [0.4, 0.5) is 0 Å². The first kappa shape index (κ1) is 7.39. The first-order valence-corrected chi connectivity index (χ1v) is 4.87. The quantitative estimate of drug-likeness (QED) is 0.463. The Morgan fingerprint density at radius 3 is 2.73 bits per heavy atom. The summed E-state index contributed by atoms with van der Waals surface area (Å²) in [6.45, 7) is 6.50. The van der Waals surface area contributed by atoms with Crippen LogP contribution in [0.15, 0.2) is 12.2 Å². The van der Waals surface area contributed by atoms with E-state index in [1.807, 2.05) is 0 Å². The van der Waals surface area contributed by atoms with Gasteiger partial charge in [0.1, 0.15) is 0 Å². The second kappa shape index (κ2) is 2.36. The minimum absolute atomic E-state index is 0.733. The number of hydrogen-bond donors (Lipinski definition) is 0. The zero-order chi connectivity index (χ0) is 7.90. The maximum Gasteiger partial charge on any atom is -0.0255 e. The van der Waals surface area contributed by atoms with Gasteiger partial charge in [-0.2, -0.15) is 0 Å². The van der Waals surface area contributed by atoms with E-state index in [0.29, 0.717) is 0 Å². The smallest absolute Gasteiger partial charge is 0.0255 e. The van der Waals surface area contributed by atoms with Crippen LogP contribution >= 0.6 is 0 Å². The van der Waals surface area contributed by atoms with Gasteiger partial charge in [0.25, 0.3) is 0 Å². The fourth-order valence-electron chi connectivity index (χ4n) is 3.03. The molecule has 0 aromatic carbocycles. The van der Waals surface area contributed by atoms with Gasteiger partial charge < -0.3 is 0 Å². The molecule has 0 aromatic heterocycles. The molecule has 2 rings (SSSR count). The number of allylic oxidation sites excluding steroid dienone is 1. The SMILES string of the molecule is C=C1CCC2(CCC(C)C2)C1. The Labute approximate surface area is 69.7 Å². The molecule has 2 atom stereocenters. The second-order valence-corrected chi connectivity index (χ2v) is 4.77. The van der Waals surface area contributed by atoms with Gasteiger partial charge in [0, 0.05) is 0 Å². The lowest BCUT2D eigenvalue weighted by Gasteiger charge is -2.21. The molecule has 2 fully saturated rings. The Balaban J connectivity index is 2.07. The summed E-state index contributed by atoms with van der Waals surface area (Å²) >= 11 is 0. The van der Waals surface area contributed by atoms with Gasteiger partial charge in [0.2, 0.25) is 0 Å². The summed E-state index contributed by atoms with van der Waals surface area (Å²) < 4.78 is 0. The Bertz CT molecular complexity index is 180. The van der Waals surface area contributed by atoms with E-state index in [0.717, 1.165) is 11.3 Å². The van der Waals surface area contributed by atoms with Crippen molar-refractivity contribution < 1.29 is 0 Å². The molecule has 1 spiro atoms. The molecular weight excluding hydrogens is 132 g/mol. The monoisotopic (exact) mass is 150 g/mol. The van der Waals surface area contributed by atoms with Crippen molar-refractivity contribution in [1.82, 2.24) is 0 Å². The predicted molar refractivity (Wildman–Crippen MR) is 48.4 cm³/mol. The van der Waals surface area contributed by atoms with E-state index in [1.54, 1.807) is 0 Å². The van der Waals surface area contributed by atoms with Crippen LogP contribution < -0.4 is 0 Å². The van der Waals surface area contributed by atoms with Crippen LogP contribution in [0.1, 0.15) is 45.4 Å². The topological polar surface area (TPSA) is 0 Å². The predicted octanol–water partition coefficient (Wildman–Crippen LogP) is 3.53. The van der Waals surface area contributed by atoms with Crippen molar-refractivity contribution in [3.8, 4) is 0 Å². The molecule has 2 unspecified atom stereocenters. The second-order valence-electron chi connectivity index (χ2n) is 4.77. The normalized spacial score (nSPS) is 44.1. The highest BCUT2D eigenvalue weighted by Crippen LogP contribution is 2.53. The average Bonchev–Trinajstić information content (AvgIpc) is 2.44. The molecule has 0 N–H and O–H groups in total. The summed E-state index contributed by atoms with van der Waals surface area (Å²) in [7, 11) is 0. The summed E-state index contributed by atoms with van der Waals surface area (Å²) in [5, 5.41) is 0. The molecule has 0 radical (unpaired) electrons. The zero-order valence-corrected chi connectivity index (χ0v) is 7.53. The fourth-order valence-corrected chi connectivity index (χ4v) is 3.03. The third kappa shape index (κ3) is 1.23. The molecule has 0 amide bonds. The van der Waals surface area contributed by atoms with Gasteiger partial charge in [0.05, 0.1) is 0 Å². The van der Waals surface area contributed by atoms with Crippen LogP contribution in [0.25, 0.3) is 0 Å². The molecule has 2 aliphatic rings. The molecule has 0 nitrogen and oxygen atoms in total. The molecule has 0 bridgehead atoms. The van der Waals surface area contributed by atoms with Crippen LogP contribution in [0.2, 0.25) is 0 Å². The Hall–Kier alpha value is -0.260. The molecule has 2 aliphatic carbocycles. The summed E-state index contributed by atoms with van der Waals surface area (Å²) in [4.78, 5) is 0. The van der Waals surface area contributed by atoms with Gasteiger partial charge in [-0.25, -0.2) is 0 Å². The Kier molecular flexibility index (Phi) is 1.59. The summed E-state index contributed by atoms with van der Waals surface area (Å²) in [6, 6.07) is 0. The molecule has 0 aliphatic heterocycles. The molecule has 2 saturated carbocycles. The largest absolute Gasteiger partial charge is 0.0998 e. The van der Waals surface area contributed by atoms with Crippen LogP contribution in [0.3, 0.4) is 0 Å². The van der Waals surface area contributed by atoms with E-state index in [1.165, 1.54) is 44.1 Å².